The second kappa shape index (κ2) is 10.1. The predicted octanol–water partition coefficient (Wildman–Crippen LogP) is 3.68. The normalized spacial score (nSPS) is 10.1. The molecule has 0 aliphatic carbocycles. The van der Waals surface area contributed by atoms with Gasteiger partial charge < -0.3 is 14.8 Å². The van der Waals surface area contributed by atoms with Crippen LogP contribution in [-0.4, -0.2) is 26.4 Å². The Bertz CT molecular complexity index is 376. The quantitative estimate of drug-likeness (QED) is 0.701. The highest BCUT2D eigenvalue weighted by Crippen LogP contribution is 2.12. The Kier molecular flexibility index (Phi) is 8.27. The average Bonchev–Trinajstić information content (AvgIpc) is 2.47. The standard InChI is InChI=1S/C16H25NO3/c1-14-8-10-15(11-9-14)19-12-6-4-3-5-7-13-20-16(18)17-2/h8-11H,3-7,12-13H2,1-2H3,(H,17,18). The highest BCUT2D eigenvalue weighted by Gasteiger charge is 1.97. The average molecular weight is 279 g/mol. The molecule has 1 rings (SSSR count). The minimum absolute atomic E-state index is 0.350. The van der Waals surface area contributed by atoms with E-state index in [1.165, 1.54) is 5.56 Å². The van der Waals surface area contributed by atoms with Gasteiger partial charge in [0.25, 0.3) is 0 Å². The van der Waals surface area contributed by atoms with Crippen molar-refractivity contribution in [3.63, 3.8) is 0 Å². The van der Waals surface area contributed by atoms with Crippen LogP contribution in [0.15, 0.2) is 24.3 Å². The molecule has 0 radical (unpaired) electrons. The molecular formula is C16H25NO3. The first-order valence-corrected chi connectivity index (χ1v) is 7.26. The number of nitrogens with one attached hydrogen (secondary N) is 1. The Labute approximate surface area is 121 Å². The van der Waals surface area contributed by atoms with E-state index in [0.29, 0.717) is 6.61 Å². The fourth-order valence-electron chi connectivity index (χ4n) is 1.80. The van der Waals surface area contributed by atoms with Gasteiger partial charge in [0.15, 0.2) is 0 Å². The molecule has 1 aromatic carbocycles. The fraction of sp³-hybridized carbons (Fsp3) is 0.562. The van der Waals surface area contributed by atoms with Crippen molar-refractivity contribution in [3.8, 4) is 5.75 Å². The van der Waals surface area contributed by atoms with Gasteiger partial charge in [0.1, 0.15) is 5.75 Å². The van der Waals surface area contributed by atoms with Crippen LogP contribution in [0, 0.1) is 6.92 Å². The highest BCUT2D eigenvalue weighted by atomic mass is 16.5. The summed E-state index contributed by atoms with van der Waals surface area (Å²) in [4.78, 5) is 10.8. The number of benzene rings is 1. The van der Waals surface area contributed by atoms with Gasteiger partial charge in [-0.3, -0.25) is 0 Å². The van der Waals surface area contributed by atoms with E-state index in [2.05, 4.69) is 24.4 Å². The van der Waals surface area contributed by atoms with Gasteiger partial charge in [-0.2, -0.15) is 0 Å². The number of rotatable bonds is 9. The predicted molar refractivity (Wildman–Crippen MR) is 80.2 cm³/mol. The van der Waals surface area contributed by atoms with E-state index in [0.717, 1.165) is 44.5 Å². The molecule has 0 unspecified atom stereocenters. The van der Waals surface area contributed by atoms with Gasteiger partial charge in [0.05, 0.1) is 13.2 Å². The summed E-state index contributed by atoms with van der Waals surface area (Å²) >= 11 is 0. The van der Waals surface area contributed by atoms with Crippen LogP contribution in [-0.2, 0) is 4.74 Å². The maximum absolute atomic E-state index is 10.8. The molecule has 1 amide bonds. The molecule has 0 aliphatic rings. The second-order valence-electron chi connectivity index (χ2n) is 4.82. The van der Waals surface area contributed by atoms with Crippen molar-refractivity contribution >= 4 is 6.09 Å². The fourth-order valence-corrected chi connectivity index (χ4v) is 1.80. The Balaban J connectivity index is 1.90. The number of carbonyl (C=O) groups excluding carboxylic acids is 1. The molecule has 20 heavy (non-hydrogen) atoms. The van der Waals surface area contributed by atoms with Gasteiger partial charge in [0, 0.05) is 7.05 Å². The third-order valence-corrected chi connectivity index (χ3v) is 3.02. The van der Waals surface area contributed by atoms with Gasteiger partial charge >= 0.3 is 6.09 Å². The lowest BCUT2D eigenvalue weighted by Crippen LogP contribution is -2.19. The van der Waals surface area contributed by atoms with Crippen LogP contribution in [0.25, 0.3) is 0 Å². The van der Waals surface area contributed by atoms with Gasteiger partial charge in [-0.05, 0) is 31.9 Å². The molecule has 0 saturated heterocycles. The van der Waals surface area contributed by atoms with E-state index < -0.39 is 0 Å². The molecule has 1 aromatic rings. The van der Waals surface area contributed by atoms with Crippen molar-refractivity contribution in [3.05, 3.63) is 29.8 Å². The lowest BCUT2D eigenvalue weighted by Gasteiger charge is -2.06. The monoisotopic (exact) mass is 279 g/mol. The number of alkyl carbamates (subject to hydrolysis) is 1. The first-order chi connectivity index (χ1) is 9.72. The summed E-state index contributed by atoms with van der Waals surface area (Å²) < 4.78 is 10.6. The van der Waals surface area contributed by atoms with E-state index in [1.54, 1.807) is 7.05 Å². The number of ether oxygens (including phenoxy) is 2. The molecule has 0 bridgehead atoms. The summed E-state index contributed by atoms with van der Waals surface area (Å²) in [6.45, 7) is 3.33. The third-order valence-electron chi connectivity index (χ3n) is 3.02. The second-order valence-corrected chi connectivity index (χ2v) is 4.82. The molecule has 112 valence electrons. The van der Waals surface area contributed by atoms with E-state index in [4.69, 9.17) is 9.47 Å². The van der Waals surface area contributed by atoms with Gasteiger partial charge in [-0.25, -0.2) is 4.79 Å². The maximum Gasteiger partial charge on any atom is 0.406 e. The molecule has 0 aromatic heterocycles. The van der Waals surface area contributed by atoms with Crippen LogP contribution >= 0.6 is 0 Å². The number of amides is 1. The number of hydrogen-bond donors (Lipinski definition) is 1. The molecule has 1 N–H and O–H groups in total. The third kappa shape index (κ3) is 7.67. The lowest BCUT2D eigenvalue weighted by molar-refractivity contribution is 0.146. The molecule has 0 saturated carbocycles. The molecule has 4 nitrogen and oxygen atoms in total. The van der Waals surface area contributed by atoms with Crippen molar-refractivity contribution in [2.45, 2.75) is 39.0 Å². The van der Waals surface area contributed by atoms with Gasteiger partial charge in [-0.1, -0.05) is 37.0 Å². The Morgan fingerprint density at radius 3 is 2.25 bits per heavy atom. The topological polar surface area (TPSA) is 47.6 Å². The molecule has 0 atom stereocenters. The smallest absolute Gasteiger partial charge is 0.406 e. The Hall–Kier alpha value is -1.71. The summed E-state index contributed by atoms with van der Waals surface area (Å²) in [6, 6.07) is 8.13. The Morgan fingerprint density at radius 2 is 1.60 bits per heavy atom. The van der Waals surface area contributed by atoms with Crippen LogP contribution in [0.3, 0.4) is 0 Å². The minimum Gasteiger partial charge on any atom is -0.494 e. The first kappa shape index (κ1) is 16.3. The van der Waals surface area contributed by atoms with Crippen LogP contribution in [0.1, 0.15) is 37.7 Å². The summed E-state index contributed by atoms with van der Waals surface area (Å²) in [5.41, 5.74) is 1.25. The van der Waals surface area contributed by atoms with Crippen LogP contribution in [0.4, 0.5) is 4.79 Å². The summed E-state index contributed by atoms with van der Waals surface area (Å²) in [5, 5.41) is 2.43. The lowest BCUT2D eigenvalue weighted by atomic mass is 10.1. The SMILES string of the molecule is CNC(=O)OCCCCCCCOc1ccc(C)cc1. The van der Waals surface area contributed by atoms with Crippen LogP contribution < -0.4 is 10.1 Å². The van der Waals surface area contributed by atoms with E-state index >= 15 is 0 Å². The van der Waals surface area contributed by atoms with Gasteiger partial charge in [0.2, 0.25) is 0 Å². The van der Waals surface area contributed by atoms with E-state index in [-0.39, 0.29) is 6.09 Å². The number of carbonyl (C=O) groups is 1. The molecule has 4 heteroatoms. The minimum atomic E-state index is -0.350. The molecule has 0 aliphatic heterocycles. The number of aryl methyl sites for hydroxylation is 1. The molecular weight excluding hydrogens is 254 g/mol. The van der Waals surface area contributed by atoms with Crippen molar-refractivity contribution < 1.29 is 14.3 Å². The summed E-state index contributed by atoms with van der Waals surface area (Å²) in [7, 11) is 1.57. The Morgan fingerprint density at radius 1 is 1.00 bits per heavy atom. The zero-order chi connectivity index (χ0) is 14.6. The zero-order valence-corrected chi connectivity index (χ0v) is 12.5. The van der Waals surface area contributed by atoms with Gasteiger partial charge in [-0.15, -0.1) is 0 Å². The van der Waals surface area contributed by atoms with Crippen molar-refractivity contribution in [2.75, 3.05) is 20.3 Å². The van der Waals surface area contributed by atoms with E-state index in [1.807, 2.05) is 12.1 Å². The summed E-state index contributed by atoms with van der Waals surface area (Å²) in [6.07, 6.45) is 5.01. The maximum atomic E-state index is 10.8. The van der Waals surface area contributed by atoms with E-state index in [9.17, 15) is 4.79 Å². The summed E-state index contributed by atoms with van der Waals surface area (Å²) in [5.74, 6) is 0.939. The number of unbranched alkanes of at least 4 members (excludes halogenated alkanes) is 4. The largest absolute Gasteiger partial charge is 0.494 e. The number of hydrogen-bond acceptors (Lipinski definition) is 3. The van der Waals surface area contributed by atoms with Crippen LogP contribution in [0.2, 0.25) is 0 Å². The highest BCUT2D eigenvalue weighted by molar-refractivity contribution is 5.66. The zero-order valence-electron chi connectivity index (χ0n) is 12.5. The van der Waals surface area contributed by atoms with Crippen LogP contribution in [0.5, 0.6) is 5.75 Å². The molecule has 0 spiro atoms. The van der Waals surface area contributed by atoms with Crippen molar-refractivity contribution in [2.24, 2.45) is 0 Å². The molecule has 0 fully saturated rings. The molecule has 0 heterocycles. The van der Waals surface area contributed by atoms with Crippen molar-refractivity contribution in [1.29, 1.82) is 0 Å². The van der Waals surface area contributed by atoms with Crippen molar-refractivity contribution in [1.82, 2.24) is 5.32 Å². The first-order valence-electron chi connectivity index (χ1n) is 7.26.